The van der Waals surface area contributed by atoms with Crippen LogP contribution in [-0.4, -0.2) is 20.7 Å². The first kappa shape index (κ1) is 16.4. The lowest BCUT2D eigenvalue weighted by molar-refractivity contribution is 0.0468. The topological polar surface area (TPSA) is 57.0 Å². The molecule has 0 saturated carbocycles. The highest BCUT2D eigenvalue weighted by molar-refractivity contribution is 7.09. The van der Waals surface area contributed by atoms with Crippen LogP contribution in [0.4, 0.5) is 0 Å². The molecular weight excluding hydrogens is 322 g/mol. The molecule has 0 aliphatic heterocycles. The van der Waals surface area contributed by atoms with Crippen LogP contribution in [0.25, 0.3) is 5.69 Å². The van der Waals surface area contributed by atoms with Gasteiger partial charge < -0.3 is 4.74 Å². The summed E-state index contributed by atoms with van der Waals surface area (Å²) >= 11 is 1.59. The average molecular weight is 341 g/mol. The number of carbonyl (C=O) groups is 1. The van der Waals surface area contributed by atoms with Crippen LogP contribution in [0, 0.1) is 13.8 Å². The second-order valence-corrected chi connectivity index (χ2v) is 6.49. The van der Waals surface area contributed by atoms with E-state index in [0.717, 1.165) is 34.2 Å². The maximum Gasteiger partial charge on any atom is 0.338 e. The Hall–Kier alpha value is -2.47. The van der Waals surface area contributed by atoms with Crippen molar-refractivity contribution in [3.8, 4) is 5.69 Å². The number of thiazole rings is 1. The number of ether oxygens (including phenoxy) is 1. The fraction of sp³-hybridized carbons (Fsp3) is 0.278. The van der Waals surface area contributed by atoms with Crippen molar-refractivity contribution in [3.63, 3.8) is 0 Å². The van der Waals surface area contributed by atoms with E-state index < -0.39 is 0 Å². The highest BCUT2D eigenvalue weighted by Crippen LogP contribution is 2.15. The number of aromatic nitrogens is 3. The molecule has 2 aromatic heterocycles. The zero-order chi connectivity index (χ0) is 17.1. The van der Waals surface area contributed by atoms with E-state index in [4.69, 9.17) is 4.74 Å². The molecule has 0 fully saturated rings. The molecule has 0 radical (unpaired) electrons. The Morgan fingerprint density at radius 3 is 2.58 bits per heavy atom. The van der Waals surface area contributed by atoms with Crippen LogP contribution in [0.1, 0.15) is 39.4 Å². The van der Waals surface area contributed by atoms with Crippen LogP contribution >= 0.6 is 11.3 Å². The quantitative estimate of drug-likeness (QED) is 0.661. The molecule has 24 heavy (non-hydrogen) atoms. The molecule has 2 heterocycles. The molecule has 3 rings (SSSR count). The Kier molecular flexibility index (Phi) is 4.76. The number of nitrogens with zero attached hydrogens (tertiary/aromatic N) is 3. The maximum atomic E-state index is 12.1. The van der Waals surface area contributed by atoms with E-state index >= 15 is 0 Å². The van der Waals surface area contributed by atoms with E-state index in [1.807, 2.05) is 42.1 Å². The van der Waals surface area contributed by atoms with Gasteiger partial charge in [0.25, 0.3) is 0 Å². The first-order valence-corrected chi connectivity index (χ1v) is 8.69. The number of hydrogen-bond donors (Lipinski definition) is 0. The van der Waals surface area contributed by atoms with Gasteiger partial charge in [-0.2, -0.15) is 5.10 Å². The van der Waals surface area contributed by atoms with Gasteiger partial charge in [0.2, 0.25) is 0 Å². The van der Waals surface area contributed by atoms with Crippen molar-refractivity contribution in [2.45, 2.75) is 33.8 Å². The molecule has 0 amide bonds. The van der Waals surface area contributed by atoms with Gasteiger partial charge >= 0.3 is 5.97 Å². The standard InChI is InChI=1S/C18H19N3O2S/c1-4-17-19-15(11-24-17)10-23-18(22)14-5-7-16(8-6-14)21-13(3)9-12(2)20-21/h5-9,11H,4,10H2,1-3H3. The van der Waals surface area contributed by atoms with E-state index in [2.05, 4.69) is 17.0 Å². The number of carbonyl (C=O) groups excluding carboxylic acids is 1. The number of benzene rings is 1. The van der Waals surface area contributed by atoms with Crippen molar-refractivity contribution in [1.82, 2.24) is 14.8 Å². The lowest BCUT2D eigenvalue weighted by Crippen LogP contribution is -2.06. The third-order valence-electron chi connectivity index (χ3n) is 3.61. The molecule has 5 nitrogen and oxygen atoms in total. The molecule has 0 spiro atoms. The van der Waals surface area contributed by atoms with E-state index in [-0.39, 0.29) is 12.6 Å². The summed E-state index contributed by atoms with van der Waals surface area (Å²) < 4.78 is 7.18. The molecule has 0 atom stereocenters. The monoisotopic (exact) mass is 341 g/mol. The van der Waals surface area contributed by atoms with Crippen molar-refractivity contribution in [1.29, 1.82) is 0 Å². The molecule has 0 bridgehead atoms. The van der Waals surface area contributed by atoms with Crippen LogP contribution in [0.3, 0.4) is 0 Å². The van der Waals surface area contributed by atoms with E-state index in [1.54, 1.807) is 23.5 Å². The number of rotatable bonds is 5. The van der Waals surface area contributed by atoms with Gasteiger partial charge in [-0.1, -0.05) is 6.92 Å². The van der Waals surface area contributed by atoms with Gasteiger partial charge in [0.15, 0.2) is 0 Å². The SMILES string of the molecule is CCc1nc(COC(=O)c2ccc(-n3nc(C)cc3C)cc2)cs1. The normalized spacial score (nSPS) is 10.8. The third kappa shape index (κ3) is 3.54. The van der Waals surface area contributed by atoms with Crippen LogP contribution < -0.4 is 0 Å². The van der Waals surface area contributed by atoms with Crippen LogP contribution in [0.15, 0.2) is 35.7 Å². The summed E-state index contributed by atoms with van der Waals surface area (Å²) in [6.07, 6.45) is 0.895. The summed E-state index contributed by atoms with van der Waals surface area (Å²) in [4.78, 5) is 16.5. The predicted octanol–water partition coefficient (Wildman–Crippen LogP) is 3.87. The van der Waals surface area contributed by atoms with Gasteiger partial charge in [0.05, 0.1) is 27.6 Å². The maximum absolute atomic E-state index is 12.1. The molecule has 0 N–H and O–H groups in total. The van der Waals surface area contributed by atoms with E-state index in [1.165, 1.54) is 0 Å². The summed E-state index contributed by atoms with van der Waals surface area (Å²) in [5.41, 5.74) is 4.25. The average Bonchev–Trinajstić information content (AvgIpc) is 3.18. The van der Waals surface area contributed by atoms with Crippen molar-refractivity contribution < 1.29 is 9.53 Å². The fourth-order valence-electron chi connectivity index (χ4n) is 2.43. The number of esters is 1. The Labute approximate surface area is 144 Å². The number of hydrogen-bond acceptors (Lipinski definition) is 5. The summed E-state index contributed by atoms with van der Waals surface area (Å²) in [6, 6.07) is 9.27. The highest BCUT2D eigenvalue weighted by atomic mass is 32.1. The molecule has 0 saturated heterocycles. The van der Waals surface area contributed by atoms with Gasteiger partial charge in [-0.05, 0) is 50.6 Å². The minimum Gasteiger partial charge on any atom is -0.456 e. The molecule has 124 valence electrons. The van der Waals surface area contributed by atoms with Crippen molar-refractivity contribution in [2.75, 3.05) is 0 Å². The zero-order valence-electron chi connectivity index (χ0n) is 13.9. The summed E-state index contributed by atoms with van der Waals surface area (Å²) in [5.74, 6) is -0.346. The van der Waals surface area contributed by atoms with Gasteiger partial charge in [-0.25, -0.2) is 14.5 Å². The molecule has 0 aliphatic rings. The second-order valence-electron chi connectivity index (χ2n) is 5.55. The van der Waals surface area contributed by atoms with Gasteiger partial charge in [0, 0.05) is 11.1 Å². The Balaban J connectivity index is 1.66. The smallest absolute Gasteiger partial charge is 0.338 e. The van der Waals surface area contributed by atoms with Crippen LogP contribution in [-0.2, 0) is 17.8 Å². The molecule has 0 unspecified atom stereocenters. The highest BCUT2D eigenvalue weighted by Gasteiger charge is 2.10. The summed E-state index contributed by atoms with van der Waals surface area (Å²) in [5, 5.41) is 7.41. The first-order valence-electron chi connectivity index (χ1n) is 7.81. The van der Waals surface area contributed by atoms with Crippen LogP contribution in [0.5, 0.6) is 0 Å². The molecule has 3 aromatic rings. The Morgan fingerprint density at radius 2 is 2.00 bits per heavy atom. The Morgan fingerprint density at radius 1 is 1.25 bits per heavy atom. The van der Waals surface area contributed by atoms with Crippen molar-refractivity contribution >= 4 is 17.3 Å². The molecule has 1 aromatic carbocycles. The summed E-state index contributed by atoms with van der Waals surface area (Å²) in [6.45, 7) is 6.21. The lowest BCUT2D eigenvalue weighted by atomic mass is 10.2. The van der Waals surface area contributed by atoms with E-state index in [9.17, 15) is 4.79 Å². The Bertz CT molecular complexity index is 850. The molecule has 6 heteroatoms. The van der Waals surface area contributed by atoms with Gasteiger partial charge in [-0.3, -0.25) is 0 Å². The largest absolute Gasteiger partial charge is 0.456 e. The minimum atomic E-state index is -0.346. The van der Waals surface area contributed by atoms with Crippen molar-refractivity contribution in [3.05, 3.63) is 63.4 Å². The van der Waals surface area contributed by atoms with E-state index in [0.29, 0.717) is 5.56 Å². The number of aryl methyl sites for hydroxylation is 3. The first-order chi connectivity index (χ1) is 11.6. The second kappa shape index (κ2) is 6.97. The minimum absolute atomic E-state index is 0.203. The zero-order valence-corrected chi connectivity index (χ0v) is 14.8. The molecular formula is C18H19N3O2S. The lowest BCUT2D eigenvalue weighted by Gasteiger charge is -2.06. The van der Waals surface area contributed by atoms with Gasteiger partial charge in [-0.15, -0.1) is 11.3 Å². The third-order valence-corrected chi connectivity index (χ3v) is 4.65. The summed E-state index contributed by atoms with van der Waals surface area (Å²) in [7, 11) is 0. The fourth-order valence-corrected chi connectivity index (χ4v) is 3.16. The molecule has 0 aliphatic carbocycles. The van der Waals surface area contributed by atoms with Crippen LogP contribution in [0.2, 0.25) is 0 Å². The van der Waals surface area contributed by atoms with Gasteiger partial charge in [0.1, 0.15) is 6.61 Å². The van der Waals surface area contributed by atoms with Crippen molar-refractivity contribution in [2.24, 2.45) is 0 Å². The predicted molar refractivity (Wildman–Crippen MR) is 93.6 cm³/mol.